The molecule has 8 nitrogen and oxygen atoms in total. The van der Waals surface area contributed by atoms with Crippen molar-refractivity contribution in [1.82, 2.24) is 0 Å². The summed E-state index contributed by atoms with van der Waals surface area (Å²) >= 11 is 0. The topological polar surface area (TPSA) is 163 Å². The molecular weight excluding hydrogens is 292 g/mol. The van der Waals surface area contributed by atoms with Gasteiger partial charge in [-0.15, -0.1) is 0 Å². The number of carboxylic acid groups (broad SMARTS) is 2. The maximum absolute atomic E-state index is 9.61. The lowest BCUT2D eigenvalue weighted by Gasteiger charge is -2.04. The number of aliphatic hydroxyl groups excluding tert-OH is 2. The predicted molar refractivity (Wildman–Crippen MR) is 77.4 cm³/mol. The normalized spacial score (nSPS) is 10.8. The zero-order valence-corrected chi connectivity index (χ0v) is 12.5. The van der Waals surface area contributed by atoms with Crippen LogP contribution in [0.25, 0.3) is 0 Å². The summed E-state index contributed by atoms with van der Waals surface area (Å²) in [6, 6.07) is 2.74. The van der Waals surface area contributed by atoms with Crippen LogP contribution in [0.15, 0.2) is 24.3 Å². The van der Waals surface area contributed by atoms with Gasteiger partial charge in [0.05, 0.1) is 12.2 Å². The first-order chi connectivity index (χ1) is 9.99. The third-order valence-corrected chi connectivity index (χ3v) is 1.79. The molecule has 0 aliphatic rings. The van der Waals surface area contributed by atoms with E-state index in [9.17, 15) is 9.59 Å². The Hall–Kier alpha value is -2.68. The fourth-order valence-corrected chi connectivity index (χ4v) is 0.578. The molecule has 0 rings (SSSR count). The number of aliphatic hydroxyl groups is 2. The van der Waals surface area contributed by atoms with Crippen LogP contribution >= 0.6 is 0 Å². The average molecular weight is 312 g/mol. The zero-order chi connectivity index (χ0) is 18.3. The molecule has 0 aliphatic carbocycles. The molecule has 8 heteroatoms. The van der Waals surface area contributed by atoms with Crippen molar-refractivity contribution in [1.29, 1.82) is 10.5 Å². The monoisotopic (exact) mass is 312 g/mol. The lowest BCUT2D eigenvalue weighted by molar-refractivity contribution is -0.133. The van der Waals surface area contributed by atoms with Gasteiger partial charge in [-0.2, -0.15) is 10.5 Å². The first-order valence-corrected chi connectivity index (χ1v) is 6.00. The molecule has 4 N–H and O–H groups in total. The molecule has 0 fully saturated rings. The van der Waals surface area contributed by atoms with E-state index in [1.165, 1.54) is 12.1 Å². The standard InChI is InChI=1S/C6H14O2.2C4H3NO2/c1-5(7)3-4-6(2)8;2*1-3(2-5)4(6)7/h5-8H,3-4H2,1-2H3;2*1H2,(H,6,7). The molecule has 122 valence electrons. The number of rotatable bonds is 5. The number of hydrogen-bond acceptors (Lipinski definition) is 6. The Morgan fingerprint density at radius 2 is 1.14 bits per heavy atom. The molecule has 22 heavy (non-hydrogen) atoms. The highest BCUT2D eigenvalue weighted by Gasteiger charge is 1.99. The van der Waals surface area contributed by atoms with E-state index in [1.54, 1.807) is 13.8 Å². The van der Waals surface area contributed by atoms with E-state index in [-0.39, 0.29) is 12.2 Å². The molecule has 0 aromatic rings. The third-order valence-electron chi connectivity index (χ3n) is 1.79. The lowest BCUT2D eigenvalue weighted by Crippen LogP contribution is -2.06. The van der Waals surface area contributed by atoms with E-state index in [0.717, 1.165) is 0 Å². The van der Waals surface area contributed by atoms with Crippen LogP contribution in [0.1, 0.15) is 26.7 Å². The van der Waals surface area contributed by atoms with E-state index in [1.807, 2.05) is 0 Å². The summed E-state index contributed by atoms with van der Waals surface area (Å²) in [6.45, 7) is 9.27. The lowest BCUT2D eigenvalue weighted by atomic mass is 10.1. The van der Waals surface area contributed by atoms with Crippen LogP contribution in [-0.2, 0) is 9.59 Å². The van der Waals surface area contributed by atoms with Crippen molar-refractivity contribution in [2.75, 3.05) is 0 Å². The fourth-order valence-electron chi connectivity index (χ4n) is 0.578. The van der Waals surface area contributed by atoms with Crippen LogP contribution in [0.5, 0.6) is 0 Å². The molecular formula is C14H20N2O6. The van der Waals surface area contributed by atoms with Crippen LogP contribution < -0.4 is 0 Å². The van der Waals surface area contributed by atoms with Gasteiger partial charge in [0.15, 0.2) is 0 Å². The van der Waals surface area contributed by atoms with Gasteiger partial charge in [-0.05, 0) is 26.7 Å². The summed E-state index contributed by atoms with van der Waals surface area (Å²) in [6.07, 6.45) is 0.837. The second kappa shape index (κ2) is 14.7. The number of carbonyl (C=O) groups is 2. The summed E-state index contributed by atoms with van der Waals surface area (Å²) in [5.41, 5.74) is -0.861. The summed E-state index contributed by atoms with van der Waals surface area (Å²) in [7, 11) is 0. The number of hydrogen-bond donors (Lipinski definition) is 4. The van der Waals surface area contributed by atoms with E-state index < -0.39 is 23.1 Å². The van der Waals surface area contributed by atoms with E-state index >= 15 is 0 Å². The Morgan fingerprint density at radius 1 is 0.909 bits per heavy atom. The van der Waals surface area contributed by atoms with Crippen LogP contribution in [0, 0.1) is 22.7 Å². The molecule has 0 aromatic carbocycles. The molecule has 0 aliphatic heterocycles. The second-order valence-corrected chi connectivity index (χ2v) is 4.07. The van der Waals surface area contributed by atoms with Gasteiger partial charge in [0.1, 0.15) is 23.3 Å². The van der Waals surface area contributed by atoms with Gasteiger partial charge < -0.3 is 20.4 Å². The molecule has 0 spiro atoms. The van der Waals surface area contributed by atoms with Gasteiger partial charge in [-0.1, -0.05) is 13.2 Å². The van der Waals surface area contributed by atoms with Crippen molar-refractivity contribution in [3.63, 3.8) is 0 Å². The molecule has 0 amide bonds. The van der Waals surface area contributed by atoms with Crippen molar-refractivity contribution in [2.24, 2.45) is 0 Å². The van der Waals surface area contributed by atoms with Crippen molar-refractivity contribution < 1.29 is 30.0 Å². The Morgan fingerprint density at radius 3 is 1.18 bits per heavy atom. The van der Waals surface area contributed by atoms with Crippen LogP contribution in [0.3, 0.4) is 0 Å². The minimum absolute atomic E-state index is 0.274. The predicted octanol–water partition coefficient (Wildman–Crippen LogP) is 0.830. The Labute approximate surface area is 128 Å². The van der Waals surface area contributed by atoms with Crippen molar-refractivity contribution >= 4 is 11.9 Å². The first kappa shape index (κ1) is 24.3. The van der Waals surface area contributed by atoms with Crippen molar-refractivity contribution in [2.45, 2.75) is 38.9 Å². The highest BCUT2D eigenvalue weighted by Crippen LogP contribution is 1.98. The molecule has 0 radical (unpaired) electrons. The van der Waals surface area contributed by atoms with Gasteiger partial charge in [-0.3, -0.25) is 0 Å². The highest BCUT2D eigenvalue weighted by atomic mass is 16.4. The molecule has 2 atom stereocenters. The SMILES string of the molecule is C=C(C#N)C(=O)O.C=C(C#N)C(=O)O.CC(O)CCC(C)O. The number of aliphatic carboxylic acids is 2. The maximum atomic E-state index is 9.61. The fraction of sp³-hybridized carbons (Fsp3) is 0.429. The molecule has 0 aromatic heterocycles. The zero-order valence-electron chi connectivity index (χ0n) is 12.5. The summed E-state index contributed by atoms with van der Waals surface area (Å²) in [5.74, 6) is -2.52. The minimum Gasteiger partial charge on any atom is -0.477 e. The smallest absolute Gasteiger partial charge is 0.345 e. The number of nitriles is 2. The van der Waals surface area contributed by atoms with E-state index in [2.05, 4.69) is 13.2 Å². The Bertz CT molecular complexity index is 425. The molecule has 2 unspecified atom stereocenters. The van der Waals surface area contributed by atoms with Crippen LogP contribution in [-0.4, -0.2) is 44.6 Å². The van der Waals surface area contributed by atoms with Gasteiger partial charge in [0, 0.05) is 0 Å². The first-order valence-electron chi connectivity index (χ1n) is 6.00. The van der Waals surface area contributed by atoms with E-state index in [4.69, 9.17) is 30.9 Å². The second-order valence-electron chi connectivity index (χ2n) is 4.07. The minimum atomic E-state index is -1.26. The Kier molecular flexibility index (Phi) is 16.3. The Balaban J connectivity index is -0.000000247. The summed E-state index contributed by atoms with van der Waals surface area (Å²) in [4.78, 5) is 19.2. The van der Waals surface area contributed by atoms with Crippen molar-refractivity contribution in [3.05, 3.63) is 24.3 Å². The molecule has 0 saturated carbocycles. The molecule has 0 saturated heterocycles. The van der Waals surface area contributed by atoms with Crippen LogP contribution in [0.4, 0.5) is 0 Å². The third kappa shape index (κ3) is 22.5. The summed E-state index contributed by atoms with van der Waals surface area (Å²) < 4.78 is 0. The maximum Gasteiger partial charge on any atom is 0.345 e. The van der Waals surface area contributed by atoms with Gasteiger partial charge in [0.2, 0.25) is 0 Å². The average Bonchev–Trinajstić information content (AvgIpc) is 2.44. The van der Waals surface area contributed by atoms with E-state index in [0.29, 0.717) is 12.8 Å². The largest absolute Gasteiger partial charge is 0.477 e. The van der Waals surface area contributed by atoms with Crippen molar-refractivity contribution in [3.8, 4) is 12.1 Å². The number of carboxylic acids is 2. The number of nitrogens with zero attached hydrogens (tertiary/aromatic N) is 2. The highest BCUT2D eigenvalue weighted by molar-refractivity contribution is 5.90. The quantitative estimate of drug-likeness (QED) is 0.428. The van der Waals surface area contributed by atoms with Gasteiger partial charge in [-0.25, -0.2) is 9.59 Å². The molecule has 0 bridgehead atoms. The van der Waals surface area contributed by atoms with Crippen LogP contribution in [0.2, 0.25) is 0 Å². The summed E-state index contributed by atoms with van der Waals surface area (Å²) in [5, 5.41) is 48.6. The molecule has 0 heterocycles. The van der Waals surface area contributed by atoms with Gasteiger partial charge in [0.25, 0.3) is 0 Å². The van der Waals surface area contributed by atoms with Gasteiger partial charge >= 0.3 is 11.9 Å².